The molecule has 0 saturated heterocycles. The molecule has 3 aromatic rings. The van der Waals surface area contributed by atoms with Crippen molar-refractivity contribution in [3.8, 4) is 5.75 Å². The van der Waals surface area contributed by atoms with Crippen LogP contribution in [0.4, 0.5) is 16.2 Å². The van der Waals surface area contributed by atoms with Crippen LogP contribution in [0.1, 0.15) is 15.2 Å². The lowest BCUT2D eigenvalue weighted by Gasteiger charge is -2.09. The third-order valence-electron chi connectivity index (χ3n) is 3.69. The molecule has 1 heterocycles. The second-order valence-electron chi connectivity index (χ2n) is 5.63. The summed E-state index contributed by atoms with van der Waals surface area (Å²) in [4.78, 5) is 24.9. The number of amides is 3. The summed E-state index contributed by atoms with van der Waals surface area (Å²) in [6.45, 7) is 0.475. The number of benzene rings is 2. The molecule has 3 N–H and O–H groups in total. The Bertz CT molecular complexity index is 908. The lowest BCUT2D eigenvalue weighted by Crippen LogP contribution is -2.24. The van der Waals surface area contributed by atoms with E-state index >= 15 is 0 Å². The minimum Gasteiger partial charge on any atom is -0.488 e. The first kappa shape index (κ1) is 18.5. The van der Waals surface area contributed by atoms with Gasteiger partial charge in [0, 0.05) is 28.9 Å². The zero-order chi connectivity index (χ0) is 19.1. The third-order valence-corrected chi connectivity index (χ3v) is 4.54. The van der Waals surface area contributed by atoms with Crippen LogP contribution in [0.2, 0.25) is 0 Å². The molecule has 27 heavy (non-hydrogen) atoms. The molecule has 0 atom stereocenters. The van der Waals surface area contributed by atoms with Gasteiger partial charge in [-0.3, -0.25) is 4.79 Å². The summed E-state index contributed by atoms with van der Waals surface area (Å²) < 4.78 is 5.74. The topological polar surface area (TPSA) is 79.5 Å². The standard InChI is InChI=1S/C20H19N3O3S/c1-21-20(25)23-16-9-7-15(8-10-16)22-19(24)14-4-2-5-17(12-14)26-13-18-6-3-11-27-18/h2-12H,13H2,1H3,(H,22,24)(H2,21,23,25). The van der Waals surface area contributed by atoms with Crippen molar-refractivity contribution in [3.63, 3.8) is 0 Å². The summed E-state index contributed by atoms with van der Waals surface area (Å²) in [5.41, 5.74) is 1.77. The van der Waals surface area contributed by atoms with Gasteiger partial charge in [-0.15, -0.1) is 11.3 Å². The minimum atomic E-state index is -0.300. The highest BCUT2D eigenvalue weighted by molar-refractivity contribution is 7.09. The molecule has 0 aliphatic heterocycles. The highest BCUT2D eigenvalue weighted by Crippen LogP contribution is 2.19. The smallest absolute Gasteiger partial charge is 0.318 e. The van der Waals surface area contributed by atoms with Crippen molar-refractivity contribution in [2.75, 3.05) is 17.7 Å². The highest BCUT2D eigenvalue weighted by atomic mass is 32.1. The van der Waals surface area contributed by atoms with Gasteiger partial charge in [0.15, 0.2) is 0 Å². The van der Waals surface area contributed by atoms with Crippen molar-refractivity contribution < 1.29 is 14.3 Å². The molecule has 2 aromatic carbocycles. The van der Waals surface area contributed by atoms with Crippen LogP contribution in [0, 0.1) is 0 Å². The van der Waals surface area contributed by atoms with Crippen LogP contribution in [0.15, 0.2) is 66.0 Å². The predicted octanol–water partition coefficient (Wildman–Crippen LogP) is 4.33. The molecule has 0 bridgehead atoms. The molecule has 7 heteroatoms. The zero-order valence-electron chi connectivity index (χ0n) is 14.7. The number of urea groups is 1. The number of thiophene rings is 1. The average Bonchev–Trinajstić information content (AvgIpc) is 3.21. The molecule has 6 nitrogen and oxygen atoms in total. The second kappa shape index (κ2) is 8.86. The molecule has 0 aliphatic rings. The summed E-state index contributed by atoms with van der Waals surface area (Å²) in [7, 11) is 1.54. The first-order chi connectivity index (χ1) is 13.1. The number of carbonyl (C=O) groups is 2. The van der Waals surface area contributed by atoms with Crippen LogP contribution in [-0.2, 0) is 6.61 Å². The van der Waals surface area contributed by atoms with Crippen molar-refractivity contribution in [3.05, 3.63) is 76.5 Å². The molecule has 0 spiro atoms. The lowest BCUT2D eigenvalue weighted by atomic mass is 10.2. The van der Waals surface area contributed by atoms with Gasteiger partial charge in [0.25, 0.3) is 5.91 Å². The summed E-state index contributed by atoms with van der Waals surface area (Å²) in [6, 6.07) is 17.6. The van der Waals surface area contributed by atoms with Gasteiger partial charge < -0.3 is 20.7 Å². The summed E-state index contributed by atoms with van der Waals surface area (Å²) in [6.07, 6.45) is 0. The maximum Gasteiger partial charge on any atom is 0.318 e. The van der Waals surface area contributed by atoms with Crippen molar-refractivity contribution in [2.45, 2.75) is 6.61 Å². The van der Waals surface area contributed by atoms with Crippen LogP contribution < -0.4 is 20.7 Å². The van der Waals surface area contributed by atoms with E-state index in [4.69, 9.17) is 4.74 Å². The number of ether oxygens (including phenoxy) is 1. The SMILES string of the molecule is CNC(=O)Nc1ccc(NC(=O)c2cccc(OCc3cccs3)c2)cc1. The van der Waals surface area contributed by atoms with Gasteiger partial charge in [0.2, 0.25) is 0 Å². The van der Waals surface area contributed by atoms with Gasteiger partial charge >= 0.3 is 6.03 Å². The molecule has 1 aromatic heterocycles. The minimum absolute atomic E-state index is 0.233. The van der Waals surface area contributed by atoms with Crippen molar-refractivity contribution in [1.29, 1.82) is 0 Å². The summed E-state index contributed by atoms with van der Waals surface area (Å²) >= 11 is 1.63. The molecule has 138 valence electrons. The van der Waals surface area contributed by atoms with Gasteiger partial charge in [0.05, 0.1) is 0 Å². The van der Waals surface area contributed by atoms with E-state index in [1.807, 2.05) is 23.6 Å². The van der Waals surface area contributed by atoms with Crippen LogP contribution in [0.25, 0.3) is 0 Å². The highest BCUT2D eigenvalue weighted by Gasteiger charge is 2.08. The molecule has 0 saturated carbocycles. The molecule has 0 aliphatic carbocycles. The van der Waals surface area contributed by atoms with Crippen LogP contribution in [-0.4, -0.2) is 19.0 Å². The van der Waals surface area contributed by atoms with Crippen molar-refractivity contribution in [2.24, 2.45) is 0 Å². The number of rotatable bonds is 6. The largest absolute Gasteiger partial charge is 0.488 e. The van der Waals surface area contributed by atoms with Gasteiger partial charge in [-0.25, -0.2) is 4.79 Å². The van der Waals surface area contributed by atoms with Gasteiger partial charge in [-0.05, 0) is 53.9 Å². The zero-order valence-corrected chi connectivity index (χ0v) is 15.5. The normalized spacial score (nSPS) is 10.1. The molecule has 0 fully saturated rings. The number of carbonyl (C=O) groups excluding carboxylic acids is 2. The van der Waals surface area contributed by atoms with E-state index in [1.165, 1.54) is 0 Å². The number of nitrogens with one attached hydrogen (secondary N) is 3. The fourth-order valence-corrected chi connectivity index (χ4v) is 2.93. The summed E-state index contributed by atoms with van der Waals surface area (Å²) in [5, 5.41) is 9.96. The first-order valence-electron chi connectivity index (χ1n) is 8.29. The van der Waals surface area contributed by atoms with E-state index < -0.39 is 0 Å². The fourth-order valence-electron chi connectivity index (χ4n) is 2.31. The third kappa shape index (κ3) is 5.32. The van der Waals surface area contributed by atoms with E-state index in [9.17, 15) is 9.59 Å². The van der Waals surface area contributed by atoms with E-state index in [1.54, 1.807) is 60.8 Å². The Morgan fingerprint density at radius 3 is 2.37 bits per heavy atom. The van der Waals surface area contributed by atoms with Crippen LogP contribution >= 0.6 is 11.3 Å². The number of hydrogen-bond donors (Lipinski definition) is 3. The Hall–Kier alpha value is -3.32. The van der Waals surface area contributed by atoms with Gasteiger partial charge in [-0.2, -0.15) is 0 Å². The number of hydrogen-bond acceptors (Lipinski definition) is 4. The second-order valence-corrected chi connectivity index (χ2v) is 6.66. The van der Waals surface area contributed by atoms with E-state index in [0.29, 0.717) is 29.3 Å². The Balaban J connectivity index is 1.60. The van der Waals surface area contributed by atoms with Crippen LogP contribution in [0.3, 0.4) is 0 Å². The molecular formula is C20H19N3O3S. The van der Waals surface area contributed by atoms with Gasteiger partial charge in [-0.1, -0.05) is 12.1 Å². The van der Waals surface area contributed by atoms with Crippen molar-refractivity contribution in [1.82, 2.24) is 5.32 Å². The summed E-state index contributed by atoms with van der Waals surface area (Å²) in [5.74, 6) is 0.407. The average molecular weight is 381 g/mol. The Morgan fingerprint density at radius 1 is 0.963 bits per heavy atom. The maximum absolute atomic E-state index is 12.5. The van der Waals surface area contributed by atoms with E-state index in [-0.39, 0.29) is 11.9 Å². The first-order valence-corrected chi connectivity index (χ1v) is 9.17. The fraction of sp³-hybridized carbons (Fsp3) is 0.100. The van der Waals surface area contributed by atoms with Gasteiger partial charge in [0.1, 0.15) is 12.4 Å². The molecule has 0 unspecified atom stereocenters. The Morgan fingerprint density at radius 2 is 1.70 bits per heavy atom. The molecule has 3 amide bonds. The lowest BCUT2D eigenvalue weighted by molar-refractivity contribution is 0.102. The molecule has 3 rings (SSSR count). The number of anilines is 2. The predicted molar refractivity (Wildman–Crippen MR) is 108 cm³/mol. The van der Waals surface area contributed by atoms with E-state index in [0.717, 1.165) is 4.88 Å². The Labute approximate surface area is 161 Å². The monoisotopic (exact) mass is 381 g/mol. The molecular weight excluding hydrogens is 362 g/mol. The van der Waals surface area contributed by atoms with Crippen molar-refractivity contribution >= 4 is 34.6 Å². The van der Waals surface area contributed by atoms with Crippen LogP contribution in [0.5, 0.6) is 5.75 Å². The maximum atomic E-state index is 12.5. The quantitative estimate of drug-likeness (QED) is 0.595. The van der Waals surface area contributed by atoms with E-state index in [2.05, 4.69) is 16.0 Å². The molecule has 0 radical (unpaired) electrons. The Kier molecular flexibility index (Phi) is 6.06.